The Morgan fingerprint density at radius 2 is 2.14 bits per heavy atom. The molecule has 160 valence electrons. The average Bonchev–Trinajstić information content (AvgIpc) is 2.99. The normalized spacial score (nSPS) is 17.8. The summed E-state index contributed by atoms with van der Waals surface area (Å²) in [5.41, 5.74) is 0.690. The number of hydrogen-bond donors (Lipinski definition) is 2. The molecule has 1 saturated heterocycles. The number of amides is 2. The molecule has 2 atom stereocenters. The highest BCUT2D eigenvalue weighted by atomic mass is 16.6. The number of ether oxygens (including phenoxy) is 2. The maximum atomic E-state index is 12.8. The number of rotatable bonds is 8. The number of methoxy groups -OCH3 is 1. The predicted molar refractivity (Wildman–Crippen MR) is 107 cm³/mol. The number of aliphatic hydroxyl groups is 1. The third-order valence-electron chi connectivity index (χ3n) is 4.73. The molecule has 2 amide bonds. The number of benzene rings is 1. The molecule has 0 saturated carbocycles. The van der Waals surface area contributed by atoms with Gasteiger partial charge in [0.2, 0.25) is 5.91 Å². The van der Waals surface area contributed by atoms with Crippen molar-refractivity contribution in [2.75, 3.05) is 20.3 Å². The van der Waals surface area contributed by atoms with Crippen molar-refractivity contribution in [3.63, 3.8) is 0 Å². The van der Waals surface area contributed by atoms with Crippen LogP contribution in [0.3, 0.4) is 0 Å². The number of nitrogens with one attached hydrogen (secondary N) is 1. The van der Waals surface area contributed by atoms with E-state index in [1.165, 1.54) is 7.11 Å². The second-order valence-corrected chi connectivity index (χ2v) is 8.20. The van der Waals surface area contributed by atoms with E-state index in [4.69, 9.17) is 9.47 Å². The molecular formula is C21H30N2O6. The first kappa shape index (κ1) is 22.7. The minimum atomic E-state index is -0.636. The lowest BCUT2D eigenvalue weighted by Crippen LogP contribution is -2.42. The van der Waals surface area contributed by atoms with Gasteiger partial charge in [0.15, 0.2) is 0 Å². The summed E-state index contributed by atoms with van der Waals surface area (Å²) in [5.74, 6) is 0.240. The van der Waals surface area contributed by atoms with Gasteiger partial charge < -0.3 is 24.8 Å². The molecule has 0 spiro atoms. The molecule has 0 aromatic heterocycles. The predicted octanol–water partition coefficient (Wildman–Crippen LogP) is 2.13. The van der Waals surface area contributed by atoms with Crippen LogP contribution in [0.15, 0.2) is 18.2 Å². The van der Waals surface area contributed by atoms with Gasteiger partial charge in [-0.3, -0.25) is 9.59 Å². The number of hydrogen-bond acceptors (Lipinski definition) is 6. The van der Waals surface area contributed by atoms with Crippen LogP contribution < -0.4 is 10.1 Å². The van der Waals surface area contributed by atoms with Crippen molar-refractivity contribution < 1.29 is 29.0 Å². The topological polar surface area (TPSA) is 105 Å². The van der Waals surface area contributed by atoms with Crippen LogP contribution in [0.4, 0.5) is 4.79 Å². The average molecular weight is 406 g/mol. The summed E-state index contributed by atoms with van der Waals surface area (Å²) >= 11 is 0. The third-order valence-corrected chi connectivity index (χ3v) is 4.73. The van der Waals surface area contributed by atoms with Crippen LogP contribution in [0.25, 0.3) is 0 Å². The lowest BCUT2D eigenvalue weighted by molar-refractivity contribution is -0.131. The van der Waals surface area contributed by atoms with E-state index >= 15 is 0 Å². The second-order valence-electron chi connectivity index (χ2n) is 8.20. The first-order chi connectivity index (χ1) is 13.7. The molecule has 0 bridgehead atoms. The summed E-state index contributed by atoms with van der Waals surface area (Å²) < 4.78 is 10.5. The highest BCUT2D eigenvalue weighted by Gasteiger charge is 2.34. The molecule has 1 aliphatic heterocycles. The quantitative estimate of drug-likeness (QED) is 0.641. The van der Waals surface area contributed by atoms with Crippen molar-refractivity contribution in [3.05, 3.63) is 29.3 Å². The van der Waals surface area contributed by atoms with Gasteiger partial charge in [0.05, 0.1) is 19.8 Å². The molecule has 2 rings (SSSR count). The van der Waals surface area contributed by atoms with Gasteiger partial charge >= 0.3 is 6.09 Å². The SMILES string of the molecule is COc1cc(C=O)ccc1CN1CCC(C[C@@H](CO)NC(=O)OC(C)(C)C)C1=O. The van der Waals surface area contributed by atoms with Crippen molar-refractivity contribution in [1.82, 2.24) is 10.2 Å². The van der Waals surface area contributed by atoms with Crippen molar-refractivity contribution >= 4 is 18.3 Å². The standard InChI is InChI=1S/C21H30N2O6/c1-21(2,3)29-20(27)22-17(13-25)10-15-7-8-23(19(15)26)11-16-6-5-14(12-24)9-18(16)28-4/h5-6,9,12,15,17,25H,7-8,10-11,13H2,1-4H3,(H,22,27)/t15?,17-/m0/s1. The third kappa shape index (κ3) is 6.45. The highest BCUT2D eigenvalue weighted by Crippen LogP contribution is 2.28. The van der Waals surface area contributed by atoms with Gasteiger partial charge in [0.1, 0.15) is 17.6 Å². The zero-order valence-electron chi connectivity index (χ0n) is 17.4. The van der Waals surface area contributed by atoms with Crippen molar-refractivity contribution in [1.29, 1.82) is 0 Å². The number of aliphatic hydroxyl groups excluding tert-OH is 1. The minimum Gasteiger partial charge on any atom is -0.496 e. The number of alkyl carbamates (subject to hydrolysis) is 1. The van der Waals surface area contributed by atoms with E-state index in [0.29, 0.717) is 37.2 Å². The number of carbonyl (C=O) groups is 3. The summed E-state index contributed by atoms with van der Waals surface area (Å²) in [7, 11) is 1.52. The van der Waals surface area contributed by atoms with Crippen LogP contribution in [0.1, 0.15) is 49.5 Å². The molecule has 1 unspecified atom stereocenters. The fourth-order valence-corrected chi connectivity index (χ4v) is 3.35. The Morgan fingerprint density at radius 3 is 2.72 bits per heavy atom. The number of nitrogens with zero attached hydrogens (tertiary/aromatic N) is 1. The van der Waals surface area contributed by atoms with Crippen molar-refractivity contribution in [2.24, 2.45) is 5.92 Å². The molecule has 1 aromatic rings. The van der Waals surface area contributed by atoms with E-state index < -0.39 is 17.7 Å². The zero-order valence-corrected chi connectivity index (χ0v) is 17.4. The smallest absolute Gasteiger partial charge is 0.407 e. The molecule has 1 aliphatic rings. The Balaban J connectivity index is 1.97. The van der Waals surface area contributed by atoms with Crippen molar-refractivity contribution in [3.8, 4) is 5.75 Å². The lowest BCUT2D eigenvalue weighted by Gasteiger charge is -2.24. The van der Waals surface area contributed by atoms with Crippen LogP contribution >= 0.6 is 0 Å². The van der Waals surface area contributed by atoms with Gasteiger partial charge in [-0.1, -0.05) is 12.1 Å². The van der Waals surface area contributed by atoms with E-state index in [9.17, 15) is 19.5 Å². The Kier molecular flexibility index (Phi) is 7.61. The zero-order chi connectivity index (χ0) is 21.6. The molecule has 0 radical (unpaired) electrons. The molecule has 29 heavy (non-hydrogen) atoms. The Bertz CT molecular complexity index is 743. The molecule has 1 heterocycles. The maximum Gasteiger partial charge on any atom is 0.407 e. The van der Waals surface area contributed by atoms with Gasteiger partial charge in [0.25, 0.3) is 0 Å². The number of aldehydes is 1. The second kappa shape index (κ2) is 9.73. The largest absolute Gasteiger partial charge is 0.496 e. The van der Waals surface area contributed by atoms with Crippen LogP contribution in [0.2, 0.25) is 0 Å². The Labute approximate surface area is 171 Å². The van der Waals surface area contributed by atoms with E-state index in [1.807, 2.05) is 0 Å². The summed E-state index contributed by atoms with van der Waals surface area (Å²) in [6, 6.07) is 4.56. The van der Waals surface area contributed by atoms with E-state index in [2.05, 4.69) is 5.32 Å². The summed E-state index contributed by atoms with van der Waals surface area (Å²) in [5, 5.41) is 12.2. The van der Waals surface area contributed by atoms with Gasteiger partial charge in [-0.2, -0.15) is 0 Å². The molecule has 1 fully saturated rings. The van der Waals surface area contributed by atoms with Crippen LogP contribution in [0.5, 0.6) is 5.75 Å². The van der Waals surface area contributed by atoms with Gasteiger partial charge in [0, 0.05) is 30.1 Å². The van der Waals surface area contributed by atoms with Crippen LogP contribution in [0, 0.1) is 5.92 Å². The Hall–Kier alpha value is -2.61. The first-order valence-corrected chi connectivity index (χ1v) is 9.68. The van der Waals surface area contributed by atoms with Gasteiger partial charge in [-0.05, 0) is 39.7 Å². The Morgan fingerprint density at radius 1 is 1.41 bits per heavy atom. The molecular weight excluding hydrogens is 376 g/mol. The highest BCUT2D eigenvalue weighted by molar-refractivity contribution is 5.81. The number of likely N-dealkylation sites (tertiary alicyclic amines) is 1. The fourth-order valence-electron chi connectivity index (χ4n) is 3.35. The number of carbonyl (C=O) groups excluding carboxylic acids is 3. The molecule has 1 aromatic carbocycles. The minimum absolute atomic E-state index is 0.0315. The molecule has 2 N–H and O–H groups in total. The summed E-state index contributed by atoms with van der Waals surface area (Å²) in [6.07, 6.45) is 1.11. The fraction of sp³-hybridized carbons (Fsp3) is 0.571. The summed E-state index contributed by atoms with van der Waals surface area (Å²) in [4.78, 5) is 37.4. The van der Waals surface area contributed by atoms with Gasteiger partial charge in [-0.25, -0.2) is 4.79 Å². The van der Waals surface area contributed by atoms with Crippen molar-refractivity contribution in [2.45, 2.75) is 51.8 Å². The molecule has 0 aliphatic carbocycles. The summed E-state index contributed by atoms with van der Waals surface area (Å²) in [6.45, 7) is 5.95. The monoisotopic (exact) mass is 406 g/mol. The maximum absolute atomic E-state index is 12.8. The van der Waals surface area contributed by atoms with E-state index in [1.54, 1.807) is 43.9 Å². The van der Waals surface area contributed by atoms with Crippen LogP contribution in [-0.4, -0.2) is 60.2 Å². The lowest BCUT2D eigenvalue weighted by atomic mass is 9.99. The van der Waals surface area contributed by atoms with E-state index in [-0.39, 0.29) is 18.4 Å². The molecule has 8 nitrogen and oxygen atoms in total. The molecule has 8 heteroatoms. The first-order valence-electron chi connectivity index (χ1n) is 9.68. The van der Waals surface area contributed by atoms with Gasteiger partial charge in [-0.15, -0.1) is 0 Å². The van der Waals surface area contributed by atoms with E-state index in [0.717, 1.165) is 11.8 Å². The van der Waals surface area contributed by atoms with Crippen LogP contribution in [-0.2, 0) is 16.1 Å².